The lowest BCUT2D eigenvalue weighted by Gasteiger charge is -2.34. The second kappa shape index (κ2) is 5.38. The van der Waals surface area contributed by atoms with Crippen LogP contribution >= 0.6 is 23.7 Å². The van der Waals surface area contributed by atoms with Crippen LogP contribution in [0.2, 0.25) is 0 Å². The van der Waals surface area contributed by atoms with Crippen LogP contribution in [0.5, 0.6) is 0 Å². The molecular formula is C15H20ClN3OS. The molecule has 4 rings (SSSR count). The Bertz CT molecular complexity index is 647. The van der Waals surface area contributed by atoms with E-state index in [1.165, 1.54) is 29.7 Å². The van der Waals surface area contributed by atoms with Crippen LogP contribution in [0, 0.1) is 5.92 Å². The summed E-state index contributed by atoms with van der Waals surface area (Å²) in [6.07, 6.45) is 6.73. The molecule has 0 saturated heterocycles. The van der Waals surface area contributed by atoms with Crippen LogP contribution in [0.25, 0.3) is 10.8 Å². The molecule has 1 unspecified atom stereocenters. The first-order chi connectivity index (χ1) is 9.64. The number of fused-ring (bicyclic) bond motifs is 1. The standard InChI is InChI=1S/C15H19N3OS.ClH/c1-9-3-4-11-10(7-9)8-12(20-11)13-17-14(18-19-13)15(16)5-2-6-15;/h8-9H,2-7,16H2,1H3;1H. The highest BCUT2D eigenvalue weighted by Crippen LogP contribution is 2.40. The number of nitrogens with zero attached hydrogens (tertiary/aromatic N) is 2. The highest BCUT2D eigenvalue weighted by Gasteiger charge is 2.39. The van der Waals surface area contributed by atoms with Crippen LogP contribution in [0.3, 0.4) is 0 Å². The van der Waals surface area contributed by atoms with Crippen molar-refractivity contribution in [1.82, 2.24) is 10.1 Å². The lowest BCUT2D eigenvalue weighted by Crippen LogP contribution is -2.44. The lowest BCUT2D eigenvalue weighted by molar-refractivity contribution is 0.229. The molecule has 2 aromatic heterocycles. The number of hydrogen-bond acceptors (Lipinski definition) is 5. The largest absolute Gasteiger partial charge is 0.333 e. The summed E-state index contributed by atoms with van der Waals surface area (Å²) >= 11 is 1.80. The minimum Gasteiger partial charge on any atom is -0.333 e. The Kier molecular flexibility index (Phi) is 3.84. The van der Waals surface area contributed by atoms with E-state index in [-0.39, 0.29) is 17.9 Å². The molecule has 21 heavy (non-hydrogen) atoms. The number of thiophene rings is 1. The molecular weight excluding hydrogens is 306 g/mol. The fourth-order valence-electron chi connectivity index (χ4n) is 3.12. The van der Waals surface area contributed by atoms with Crippen LogP contribution < -0.4 is 5.73 Å². The fourth-order valence-corrected chi connectivity index (χ4v) is 4.25. The molecule has 0 aliphatic heterocycles. The minimum atomic E-state index is -0.340. The number of nitrogens with two attached hydrogens (primary N) is 1. The van der Waals surface area contributed by atoms with E-state index in [0.29, 0.717) is 11.7 Å². The Morgan fingerprint density at radius 3 is 2.95 bits per heavy atom. The first-order valence-electron chi connectivity index (χ1n) is 7.39. The number of hydrogen-bond donors (Lipinski definition) is 1. The van der Waals surface area contributed by atoms with Crippen molar-refractivity contribution in [1.29, 1.82) is 0 Å². The van der Waals surface area contributed by atoms with E-state index < -0.39 is 0 Å². The van der Waals surface area contributed by atoms with E-state index in [1.807, 2.05) is 0 Å². The summed E-state index contributed by atoms with van der Waals surface area (Å²) in [6, 6.07) is 2.23. The summed E-state index contributed by atoms with van der Waals surface area (Å²) in [7, 11) is 0. The van der Waals surface area contributed by atoms with Gasteiger partial charge >= 0.3 is 0 Å². The van der Waals surface area contributed by atoms with E-state index in [1.54, 1.807) is 11.3 Å². The summed E-state index contributed by atoms with van der Waals surface area (Å²) in [5.74, 6) is 2.10. The molecule has 0 amide bonds. The van der Waals surface area contributed by atoms with Gasteiger partial charge in [-0.2, -0.15) is 4.98 Å². The summed E-state index contributed by atoms with van der Waals surface area (Å²) < 4.78 is 5.45. The van der Waals surface area contributed by atoms with Crippen LogP contribution in [-0.2, 0) is 18.4 Å². The summed E-state index contributed by atoms with van der Waals surface area (Å²) in [5, 5.41) is 4.10. The van der Waals surface area contributed by atoms with Gasteiger partial charge in [0.15, 0.2) is 5.82 Å². The van der Waals surface area contributed by atoms with Crippen molar-refractivity contribution in [2.75, 3.05) is 0 Å². The van der Waals surface area contributed by atoms with Gasteiger partial charge in [-0.3, -0.25) is 0 Å². The highest BCUT2D eigenvalue weighted by molar-refractivity contribution is 7.15. The average Bonchev–Trinajstić information content (AvgIpc) is 3.01. The van der Waals surface area contributed by atoms with Gasteiger partial charge in [-0.05, 0) is 56.1 Å². The number of halogens is 1. The first-order valence-corrected chi connectivity index (χ1v) is 8.21. The Hall–Kier alpha value is -0.910. The Morgan fingerprint density at radius 2 is 2.24 bits per heavy atom. The van der Waals surface area contributed by atoms with Gasteiger partial charge in [-0.15, -0.1) is 23.7 Å². The molecule has 2 aromatic rings. The highest BCUT2D eigenvalue weighted by atomic mass is 35.5. The van der Waals surface area contributed by atoms with Crippen LogP contribution in [0.1, 0.15) is 48.9 Å². The predicted molar refractivity (Wildman–Crippen MR) is 85.8 cm³/mol. The maximum atomic E-state index is 6.25. The average molecular weight is 326 g/mol. The molecule has 1 atom stereocenters. The third-order valence-corrected chi connectivity index (χ3v) is 5.88. The zero-order chi connectivity index (χ0) is 13.7. The van der Waals surface area contributed by atoms with E-state index in [4.69, 9.17) is 10.3 Å². The van der Waals surface area contributed by atoms with Gasteiger partial charge < -0.3 is 10.3 Å². The minimum absolute atomic E-state index is 0. The molecule has 6 heteroatoms. The molecule has 0 spiro atoms. The molecule has 1 saturated carbocycles. The SMILES string of the molecule is CC1CCc2sc(-c3nc(C4(N)CCC4)no3)cc2C1.Cl. The van der Waals surface area contributed by atoms with Gasteiger partial charge in [0.05, 0.1) is 10.4 Å². The second-order valence-electron chi connectivity index (χ2n) is 6.34. The smallest absolute Gasteiger partial charge is 0.268 e. The molecule has 0 bridgehead atoms. The molecule has 1 fully saturated rings. The Balaban J connectivity index is 0.00000132. The van der Waals surface area contributed by atoms with Gasteiger partial charge in [0.2, 0.25) is 0 Å². The van der Waals surface area contributed by atoms with Crippen molar-refractivity contribution < 1.29 is 4.52 Å². The summed E-state index contributed by atoms with van der Waals surface area (Å²) in [6.45, 7) is 2.32. The molecule has 0 radical (unpaired) electrons. The van der Waals surface area contributed by atoms with Crippen LogP contribution in [0.15, 0.2) is 10.6 Å². The second-order valence-corrected chi connectivity index (χ2v) is 7.48. The molecule has 0 aromatic carbocycles. The van der Waals surface area contributed by atoms with Crippen molar-refractivity contribution in [3.63, 3.8) is 0 Å². The van der Waals surface area contributed by atoms with E-state index >= 15 is 0 Å². The van der Waals surface area contributed by atoms with Crippen LogP contribution in [-0.4, -0.2) is 10.1 Å². The van der Waals surface area contributed by atoms with E-state index in [0.717, 1.165) is 30.1 Å². The third kappa shape index (κ3) is 2.51. The van der Waals surface area contributed by atoms with Crippen molar-refractivity contribution in [3.8, 4) is 10.8 Å². The predicted octanol–water partition coefficient (Wildman–Crippen LogP) is 3.68. The molecule has 4 nitrogen and oxygen atoms in total. The molecule has 2 N–H and O–H groups in total. The van der Waals surface area contributed by atoms with Crippen molar-refractivity contribution in [2.45, 2.75) is 51.0 Å². The zero-order valence-corrected chi connectivity index (χ0v) is 13.7. The quantitative estimate of drug-likeness (QED) is 0.914. The summed E-state index contributed by atoms with van der Waals surface area (Å²) in [5.41, 5.74) is 7.38. The lowest BCUT2D eigenvalue weighted by atomic mass is 9.77. The van der Waals surface area contributed by atoms with Crippen LogP contribution in [0.4, 0.5) is 0 Å². The topological polar surface area (TPSA) is 64.9 Å². The molecule has 114 valence electrons. The van der Waals surface area contributed by atoms with Crippen molar-refractivity contribution in [3.05, 3.63) is 22.3 Å². The maximum absolute atomic E-state index is 6.25. The van der Waals surface area contributed by atoms with Gasteiger partial charge in [-0.25, -0.2) is 0 Å². The van der Waals surface area contributed by atoms with Gasteiger partial charge in [0.1, 0.15) is 0 Å². The number of aromatic nitrogens is 2. The number of aryl methyl sites for hydroxylation is 1. The zero-order valence-electron chi connectivity index (χ0n) is 12.1. The molecule has 2 aliphatic carbocycles. The van der Waals surface area contributed by atoms with Gasteiger partial charge in [0.25, 0.3) is 5.89 Å². The molecule has 2 heterocycles. The summed E-state index contributed by atoms with van der Waals surface area (Å²) in [4.78, 5) is 7.14. The van der Waals surface area contributed by atoms with Gasteiger partial charge in [0, 0.05) is 4.88 Å². The van der Waals surface area contributed by atoms with E-state index in [9.17, 15) is 0 Å². The van der Waals surface area contributed by atoms with E-state index in [2.05, 4.69) is 23.1 Å². The van der Waals surface area contributed by atoms with Crippen molar-refractivity contribution >= 4 is 23.7 Å². The number of rotatable bonds is 2. The Morgan fingerprint density at radius 1 is 1.43 bits per heavy atom. The van der Waals surface area contributed by atoms with Gasteiger partial charge in [-0.1, -0.05) is 12.1 Å². The first kappa shape index (κ1) is 15.0. The fraction of sp³-hybridized carbons (Fsp3) is 0.600. The Labute approximate surface area is 134 Å². The monoisotopic (exact) mass is 325 g/mol. The van der Waals surface area contributed by atoms with Crippen molar-refractivity contribution in [2.24, 2.45) is 11.7 Å². The third-order valence-electron chi connectivity index (χ3n) is 4.66. The maximum Gasteiger partial charge on any atom is 0.268 e. The molecule has 2 aliphatic rings. The normalized spacial score (nSPS) is 23.0.